The van der Waals surface area contributed by atoms with Crippen molar-refractivity contribution in [3.05, 3.63) is 129 Å². The Bertz CT molecular complexity index is 1560. The summed E-state index contributed by atoms with van der Waals surface area (Å²) >= 11 is 0. The molecule has 1 aliphatic heterocycles. The van der Waals surface area contributed by atoms with E-state index in [2.05, 4.69) is 156 Å². The Balaban J connectivity index is 0.00000461. The summed E-state index contributed by atoms with van der Waals surface area (Å²) in [5.74, 6) is 0.854. The molecule has 0 spiro atoms. The Morgan fingerprint density at radius 2 is 0.800 bits per heavy atom. The Hall–Kier alpha value is -2.57. The molecule has 0 N–H and O–H groups in total. The Morgan fingerprint density at radius 3 is 1.11 bits per heavy atom. The van der Waals surface area contributed by atoms with E-state index >= 15 is 0 Å². The molecular formula is C42H52N2Pt. The normalized spacial score (nSPS) is 18.8. The summed E-state index contributed by atoms with van der Waals surface area (Å²) in [6, 6.07) is 30.4. The van der Waals surface area contributed by atoms with Crippen LogP contribution in [0.15, 0.2) is 60.7 Å². The van der Waals surface area contributed by atoms with Crippen molar-refractivity contribution in [3.63, 3.8) is 0 Å². The number of rotatable bonds is 4. The first kappa shape index (κ1) is 35.3. The van der Waals surface area contributed by atoms with E-state index in [4.69, 9.17) is 9.97 Å². The Morgan fingerprint density at radius 1 is 0.511 bits per heavy atom. The molecule has 0 saturated heterocycles. The van der Waals surface area contributed by atoms with Crippen LogP contribution in [0, 0.1) is 12.1 Å². The number of hydrogen-bond donors (Lipinski definition) is 0. The Kier molecular flexibility index (Phi) is 9.85. The first-order chi connectivity index (χ1) is 20.5. The van der Waals surface area contributed by atoms with Crippen LogP contribution in [0.25, 0.3) is 0 Å². The van der Waals surface area contributed by atoms with Crippen molar-refractivity contribution in [1.82, 2.24) is 9.97 Å². The number of pyridine rings is 2. The van der Waals surface area contributed by atoms with Gasteiger partial charge in [-0.2, -0.15) is 70.8 Å². The predicted molar refractivity (Wildman–Crippen MR) is 185 cm³/mol. The maximum atomic E-state index is 5.52. The maximum Gasteiger partial charge on any atom is 2.00 e. The minimum atomic E-state index is -0.404. The van der Waals surface area contributed by atoms with Gasteiger partial charge in [0.15, 0.2) is 0 Å². The number of fused-ring (bicyclic) bond motifs is 8. The molecule has 2 nitrogen and oxygen atoms in total. The van der Waals surface area contributed by atoms with Gasteiger partial charge in [-0.15, -0.1) is 0 Å². The SMILES string of the molecule is CCC(C)c1cc2nc(c1)C(C)(C)c1cc(C(C)CC)cc(n1)C(C)(C)c1[c-]c(ccc1)C(C)(C)c1[c-]c(ccc1)C2(C)C.[Pt+2]. The average Bonchev–Trinajstić information content (AvgIpc) is 3.03. The van der Waals surface area contributed by atoms with Crippen molar-refractivity contribution in [3.8, 4) is 0 Å². The molecule has 5 rings (SSSR count). The molecule has 8 bridgehead atoms. The first-order valence-corrected chi connectivity index (χ1v) is 16.7. The zero-order chi connectivity index (χ0) is 32.2. The van der Waals surface area contributed by atoms with Crippen LogP contribution in [0.4, 0.5) is 0 Å². The van der Waals surface area contributed by atoms with Gasteiger partial charge in [-0.1, -0.05) is 69.2 Å². The predicted octanol–water partition coefficient (Wildman–Crippen LogP) is 10.7. The standard InChI is InChI=1S/C42H52N2.Pt/c1-13-27(3)29-21-35-40(7,8)33-19-15-17-31(25-33)39(5,6)32-18-16-20-34(26-32)41(9,10)36-22-30(28(4)14-2)24-38(44-36)42(11,12)37(23-29)43-35;/h15-24,27-28H,13-14H2,1-12H3;/q-2;+2. The van der Waals surface area contributed by atoms with Gasteiger partial charge in [-0.25, -0.2) is 0 Å². The van der Waals surface area contributed by atoms with Crippen molar-refractivity contribution in [2.24, 2.45) is 0 Å². The molecule has 2 aromatic heterocycles. The summed E-state index contributed by atoms with van der Waals surface area (Å²) in [7, 11) is 0. The molecule has 3 heteroatoms. The number of hydrogen-bond acceptors (Lipinski definition) is 2. The molecular weight excluding hydrogens is 728 g/mol. The largest absolute Gasteiger partial charge is 2.00 e. The second kappa shape index (κ2) is 12.6. The average molecular weight is 780 g/mol. The van der Waals surface area contributed by atoms with Crippen molar-refractivity contribution in [2.45, 2.75) is 129 Å². The van der Waals surface area contributed by atoms with Crippen LogP contribution >= 0.6 is 0 Å². The van der Waals surface area contributed by atoms with Gasteiger partial charge in [-0.3, -0.25) is 9.97 Å². The minimum Gasteiger partial charge on any atom is -0.256 e. The molecule has 45 heavy (non-hydrogen) atoms. The van der Waals surface area contributed by atoms with Crippen LogP contribution in [-0.2, 0) is 42.7 Å². The van der Waals surface area contributed by atoms with Crippen molar-refractivity contribution < 1.29 is 21.1 Å². The van der Waals surface area contributed by atoms with E-state index in [-0.39, 0.29) is 37.3 Å². The molecule has 3 heterocycles. The van der Waals surface area contributed by atoms with Gasteiger partial charge in [0, 0.05) is 27.6 Å². The summed E-state index contributed by atoms with van der Waals surface area (Å²) in [6.07, 6.45) is 2.15. The smallest absolute Gasteiger partial charge is 0.256 e. The molecule has 2 atom stereocenters. The fraction of sp³-hybridized carbons (Fsp3) is 0.476. The van der Waals surface area contributed by atoms with Crippen molar-refractivity contribution >= 4 is 0 Å². The van der Waals surface area contributed by atoms with Gasteiger partial charge in [0.1, 0.15) is 0 Å². The fourth-order valence-electron chi connectivity index (χ4n) is 6.37. The fourth-order valence-corrected chi connectivity index (χ4v) is 6.37. The number of nitrogens with zero attached hydrogens (tertiary/aromatic N) is 2. The molecule has 0 aliphatic carbocycles. The van der Waals surface area contributed by atoms with Gasteiger partial charge in [0.25, 0.3) is 0 Å². The van der Waals surface area contributed by atoms with Gasteiger partial charge in [-0.05, 0) is 79.3 Å². The van der Waals surface area contributed by atoms with E-state index in [0.29, 0.717) is 11.8 Å². The third-order valence-corrected chi connectivity index (χ3v) is 10.9. The third-order valence-electron chi connectivity index (χ3n) is 10.9. The van der Waals surface area contributed by atoms with Crippen LogP contribution in [0.1, 0.15) is 164 Å². The summed E-state index contributed by atoms with van der Waals surface area (Å²) in [4.78, 5) is 11.0. The number of benzene rings is 2. The minimum absolute atomic E-state index is 0. The summed E-state index contributed by atoms with van der Waals surface area (Å²) in [6.45, 7) is 27.6. The van der Waals surface area contributed by atoms with Gasteiger partial charge >= 0.3 is 21.1 Å². The summed E-state index contributed by atoms with van der Waals surface area (Å²) in [5, 5.41) is 0. The summed E-state index contributed by atoms with van der Waals surface area (Å²) < 4.78 is 0. The molecule has 2 unspecified atom stereocenters. The van der Waals surface area contributed by atoms with Crippen LogP contribution in [0.2, 0.25) is 0 Å². The van der Waals surface area contributed by atoms with Gasteiger partial charge < -0.3 is 0 Å². The number of aromatic nitrogens is 2. The van der Waals surface area contributed by atoms with E-state index in [1.54, 1.807) is 0 Å². The molecule has 4 aromatic rings. The second-order valence-electron chi connectivity index (χ2n) is 15.4. The van der Waals surface area contributed by atoms with Crippen LogP contribution in [0.3, 0.4) is 0 Å². The zero-order valence-corrected chi connectivity index (χ0v) is 31.8. The molecule has 240 valence electrons. The van der Waals surface area contributed by atoms with E-state index in [9.17, 15) is 0 Å². The molecule has 0 saturated carbocycles. The maximum absolute atomic E-state index is 5.52. The molecule has 0 fully saturated rings. The zero-order valence-electron chi connectivity index (χ0n) is 29.6. The molecule has 1 aliphatic rings. The van der Waals surface area contributed by atoms with Gasteiger partial charge in [0.2, 0.25) is 0 Å². The molecule has 2 aromatic carbocycles. The topological polar surface area (TPSA) is 25.8 Å². The molecule has 0 amide bonds. The second-order valence-corrected chi connectivity index (χ2v) is 15.4. The van der Waals surface area contributed by atoms with Crippen LogP contribution in [0.5, 0.6) is 0 Å². The summed E-state index contributed by atoms with van der Waals surface area (Å²) in [5.41, 5.74) is 10.3. The third kappa shape index (κ3) is 6.26. The first-order valence-electron chi connectivity index (χ1n) is 16.7. The van der Waals surface area contributed by atoms with Crippen LogP contribution in [-0.4, -0.2) is 9.97 Å². The van der Waals surface area contributed by atoms with E-state index in [1.165, 1.54) is 22.3 Å². The van der Waals surface area contributed by atoms with E-state index < -0.39 is 5.41 Å². The van der Waals surface area contributed by atoms with Gasteiger partial charge in [0.05, 0.1) is 11.4 Å². The van der Waals surface area contributed by atoms with E-state index in [1.807, 2.05) is 0 Å². The van der Waals surface area contributed by atoms with E-state index in [0.717, 1.165) is 46.7 Å². The van der Waals surface area contributed by atoms with Crippen molar-refractivity contribution in [2.75, 3.05) is 0 Å². The van der Waals surface area contributed by atoms with Crippen LogP contribution < -0.4 is 0 Å². The van der Waals surface area contributed by atoms with Crippen molar-refractivity contribution in [1.29, 1.82) is 0 Å². The monoisotopic (exact) mass is 779 g/mol. The quantitative estimate of drug-likeness (QED) is 0.193. The Labute approximate surface area is 288 Å². The molecule has 0 radical (unpaired) electrons.